The van der Waals surface area contributed by atoms with Gasteiger partial charge in [-0.15, -0.1) is 0 Å². The second-order valence-electron chi connectivity index (χ2n) is 5.97. The van der Waals surface area contributed by atoms with Crippen LogP contribution in [-0.4, -0.2) is 27.5 Å². The van der Waals surface area contributed by atoms with E-state index in [1.165, 1.54) is 0 Å². The van der Waals surface area contributed by atoms with Gasteiger partial charge in [0.25, 0.3) is 5.88 Å². The van der Waals surface area contributed by atoms with E-state index in [2.05, 4.69) is 15.3 Å². The van der Waals surface area contributed by atoms with Crippen molar-refractivity contribution in [2.45, 2.75) is 64.8 Å². The molecule has 0 aromatic carbocycles. The van der Waals surface area contributed by atoms with Crippen LogP contribution in [0.4, 0.5) is 11.5 Å². The highest BCUT2D eigenvalue weighted by atomic mass is 16.6. The molecule has 0 aliphatic heterocycles. The summed E-state index contributed by atoms with van der Waals surface area (Å²) in [4.78, 5) is 19.6. The molecular formula is C15H24N4O3. The van der Waals surface area contributed by atoms with Crippen molar-refractivity contribution in [3.8, 4) is 5.88 Å². The van der Waals surface area contributed by atoms with Crippen LogP contribution < -0.4 is 10.1 Å². The van der Waals surface area contributed by atoms with E-state index in [9.17, 15) is 10.1 Å². The third kappa shape index (κ3) is 3.84. The summed E-state index contributed by atoms with van der Waals surface area (Å²) in [5, 5.41) is 14.7. The average Bonchev–Trinajstić information content (AvgIpc) is 2.97. The van der Waals surface area contributed by atoms with Crippen LogP contribution in [0.25, 0.3) is 0 Å². The van der Waals surface area contributed by atoms with E-state index in [1.54, 1.807) is 0 Å². The van der Waals surface area contributed by atoms with E-state index < -0.39 is 4.92 Å². The highest BCUT2D eigenvalue weighted by molar-refractivity contribution is 5.62. The van der Waals surface area contributed by atoms with Gasteiger partial charge >= 0.3 is 5.69 Å². The Balaban J connectivity index is 2.41. The Kier molecular flexibility index (Phi) is 5.51. The zero-order valence-corrected chi connectivity index (χ0v) is 13.5. The number of hydrogen-bond acceptors (Lipinski definition) is 6. The van der Waals surface area contributed by atoms with E-state index in [-0.39, 0.29) is 23.5 Å². The van der Waals surface area contributed by atoms with Crippen molar-refractivity contribution in [1.82, 2.24) is 9.97 Å². The zero-order valence-electron chi connectivity index (χ0n) is 13.5. The summed E-state index contributed by atoms with van der Waals surface area (Å²) in [6.45, 7) is 6.28. The fourth-order valence-corrected chi connectivity index (χ4v) is 2.54. The molecule has 1 heterocycles. The third-order valence-corrected chi connectivity index (χ3v) is 3.71. The van der Waals surface area contributed by atoms with Gasteiger partial charge in [0.15, 0.2) is 0 Å². The Labute approximate surface area is 130 Å². The fraction of sp³-hybridized carbons (Fsp3) is 0.733. The molecule has 7 nitrogen and oxygen atoms in total. The van der Waals surface area contributed by atoms with Gasteiger partial charge in [0.1, 0.15) is 5.82 Å². The lowest BCUT2D eigenvalue weighted by atomic mass is 10.2. The molecule has 0 unspecified atom stereocenters. The summed E-state index contributed by atoms with van der Waals surface area (Å²) in [6.07, 6.45) is 5.09. The van der Waals surface area contributed by atoms with Crippen LogP contribution in [0.5, 0.6) is 5.88 Å². The first-order valence-electron chi connectivity index (χ1n) is 7.98. The minimum Gasteiger partial charge on any atom is -0.473 e. The van der Waals surface area contributed by atoms with E-state index in [0.717, 1.165) is 32.1 Å². The van der Waals surface area contributed by atoms with Gasteiger partial charge in [-0.1, -0.05) is 33.6 Å². The largest absolute Gasteiger partial charge is 0.473 e. The van der Waals surface area contributed by atoms with Crippen molar-refractivity contribution in [2.75, 3.05) is 11.9 Å². The van der Waals surface area contributed by atoms with E-state index in [0.29, 0.717) is 18.2 Å². The van der Waals surface area contributed by atoms with E-state index in [4.69, 9.17) is 4.74 Å². The topological polar surface area (TPSA) is 90.2 Å². The number of aromatic nitrogens is 2. The molecule has 2 rings (SSSR count). The van der Waals surface area contributed by atoms with Gasteiger partial charge in [-0.3, -0.25) is 10.1 Å². The first-order chi connectivity index (χ1) is 10.5. The summed E-state index contributed by atoms with van der Waals surface area (Å²) in [6, 6.07) is 0.243. The Morgan fingerprint density at radius 2 is 2.05 bits per heavy atom. The van der Waals surface area contributed by atoms with Gasteiger partial charge in [0, 0.05) is 12.0 Å². The number of nitro groups is 1. The summed E-state index contributed by atoms with van der Waals surface area (Å²) >= 11 is 0. The minimum absolute atomic E-state index is 0.0750. The second kappa shape index (κ2) is 7.38. The number of nitrogens with one attached hydrogen (secondary N) is 1. The molecule has 0 amide bonds. The Hall–Kier alpha value is -1.92. The first kappa shape index (κ1) is 16.5. The van der Waals surface area contributed by atoms with Crippen molar-refractivity contribution in [3.63, 3.8) is 0 Å². The molecule has 0 spiro atoms. The van der Waals surface area contributed by atoms with E-state index in [1.807, 2.05) is 20.8 Å². The second-order valence-corrected chi connectivity index (χ2v) is 5.97. The molecule has 7 heteroatoms. The molecule has 1 aromatic rings. The van der Waals surface area contributed by atoms with Crippen molar-refractivity contribution >= 4 is 11.5 Å². The van der Waals surface area contributed by atoms with Crippen molar-refractivity contribution < 1.29 is 9.66 Å². The maximum absolute atomic E-state index is 11.5. The predicted octanol–water partition coefficient (Wildman–Crippen LogP) is 3.65. The molecule has 0 atom stereocenters. The van der Waals surface area contributed by atoms with Gasteiger partial charge in [0.05, 0.1) is 11.5 Å². The molecule has 1 aliphatic rings. The number of ether oxygens (including phenoxy) is 1. The molecule has 0 radical (unpaired) electrons. The molecule has 1 aliphatic carbocycles. The zero-order chi connectivity index (χ0) is 16.1. The number of nitrogens with zero attached hydrogens (tertiary/aromatic N) is 3. The highest BCUT2D eigenvalue weighted by Gasteiger charge is 2.29. The lowest BCUT2D eigenvalue weighted by Crippen LogP contribution is -2.19. The van der Waals surface area contributed by atoms with Gasteiger partial charge in [-0.25, -0.2) is 4.98 Å². The Morgan fingerprint density at radius 3 is 2.59 bits per heavy atom. The standard InChI is InChI=1S/C15H24N4O3/c1-4-9-22-15-12(19(20)21)14(16-11-7-5-6-8-11)17-13(18-15)10(2)3/h10-11H,4-9H2,1-3H3,(H,16,17,18). The summed E-state index contributed by atoms with van der Waals surface area (Å²) in [7, 11) is 0. The van der Waals surface area contributed by atoms with Crippen molar-refractivity contribution in [1.29, 1.82) is 0 Å². The highest BCUT2D eigenvalue weighted by Crippen LogP contribution is 2.35. The first-order valence-corrected chi connectivity index (χ1v) is 7.98. The molecule has 1 fully saturated rings. The minimum atomic E-state index is -0.452. The quantitative estimate of drug-likeness (QED) is 0.610. The molecule has 0 bridgehead atoms. The molecule has 22 heavy (non-hydrogen) atoms. The summed E-state index contributed by atoms with van der Waals surface area (Å²) in [5.41, 5.74) is -0.148. The molecular weight excluding hydrogens is 284 g/mol. The normalized spacial score (nSPS) is 15.3. The van der Waals surface area contributed by atoms with Crippen LogP contribution >= 0.6 is 0 Å². The van der Waals surface area contributed by atoms with Crippen LogP contribution in [0, 0.1) is 10.1 Å². The number of rotatable bonds is 7. The molecule has 1 saturated carbocycles. The van der Waals surface area contributed by atoms with Gasteiger partial charge < -0.3 is 10.1 Å². The third-order valence-electron chi connectivity index (χ3n) is 3.71. The summed E-state index contributed by atoms with van der Waals surface area (Å²) in [5.74, 6) is 1.01. The fourth-order valence-electron chi connectivity index (χ4n) is 2.54. The van der Waals surface area contributed by atoms with Gasteiger partial charge in [-0.05, 0) is 19.3 Å². The number of anilines is 1. The van der Waals surface area contributed by atoms with E-state index >= 15 is 0 Å². The molecule has 1 N–H and O–H groups in total. The van der Waals surface area contributed by atoms with Gasteiger partial charge in [-0.2, -0.15) is 4.98 Å². The van der Waals surface area contributed by atoms with Crippen molar-refractivity contribution in [2.24, 2.45) is 0 Å². The van der Waals surface area contributed by atoms with Gasteiger partial charge in [0.2, 0.25) is 5.82 Å². The van der Waals surface area contributed by atoms with Crippen LogP contribution in [0.2, 0.25) is 0 Å². The Morgan fingerprint density at radius 1 is 1.36 bits per heavy atom. The smallest absolute Gasteiger partial charge is 0.372 e. The molecule has 0 saturated heterocycles. The lowest BCUT2D eigenvalue weighted by Gasteiger charge is -2.16. The maximum atomic E-state index is 11.5. The monoisotopic (exact) mass is 308 g/mol. The van der Waals surface area contributed by atoms with Crippen LogP contribution in [0.1, 0.15) is 64.6 Å². The van der Waals surface area contributed by atoms with Crippen LogP contribution in [-0.2, 0) is 0 Å². The lowest BCUT2D eigenvalue weighted by molar-refractivity contribution is -0.385. The van der Waals surface area contributed by atoms with Crippen molar-refractivity contribution in [3.05, 3.63) is 15.9 Å². The van der Waals surface area contributed by atoms with Crippen LogP contribution in [0.15, 0.2) is 0 Å². The average molecular weight is 308 g/mol. The van der Waals surface area contributed by atoms with Crippen LogP contribution in [0.3, 0.4) is 0 Å². The Bertz CT molecular complexity index is 528. The predicted molar refractivity (Wildman–Crippen MR) is 84.4 cm³/mol. The maximum Gasteiger partial charge on any atom is 0.372 e. The molecule has 122 valence electrons. The number of hydrogen-bond donors (Lipinski definition) is 1. The summed E-state index contributed by atoms with van der Waals surface area (Å²) < 4.78 is 5.51. The molecule has 1 aromatic heterocycles. The SMILES string of the molecule is CCCOc1nc(C(C)C)nc(NC2CCCC2)c1[N+](=O)[O-].